The monoisotopic (exact) mass is 988 g/mol. The van der Waals surface area contributed by atoms with E-state index in [0.717, 1.165) is 38.5 Å². The van der Waals surface area contributed by atoms with E-state index in [1.54, 1.807) is 6.08 Å². The molecular formula is C64H125NO5. The van der Waals surface area contributed by atoms with Crippen molar-refractivity contribution in [1.29, 1.82) is 0 Å². The van der Waals surface area contributed by atoms with Crippen molar-refractivity contribution < 1.29 is 24.5 Å². The van der Waals surface area contributed by atoms with Crippen LogP contribution in [0.15, 0.2) is 12.2 Å². The van der Waals surface area contributed by atoms with Crippen LogP contribution >= 0.6 is 0 Å². The number of aliphatic hydroxyl groups excluding tert-OH is 2. The number of unbranched alkanes of at least 4 members (excludes halogenated alkanes) is 49. The fourth-order valence-electron chi connectivity index (χ4n) is 10.2. The average Bonchev–Trinajstić information content (AvgIpc) is 3.36. The molecule has 2 atom stereocenters. The van der Waals surface area contributed by atoms with E-state index in [-0.39, 0.29) is 18.5 Å². The minimum absolute atomic E-state index is 0.0197. The highest BCUT2D eigenvalue weighted by Gasteiger charge is 2.18. The first-order valence-corrected chi connectivity index (χ1v) is 32.0. The van der Waals surface area contributed by atoms with Crippen molar-refractivity contribution in [2.24, 2.45) is 0 Å². The van der Waals surface area contributed by atoms with Crippen LogP contribution in [-0.4, -0.2) is 47.4 Å². The zero-order chi connectivity index (χ0) is 50.7. The van der Waals surface area contributed by atoms with Crippen LogP contribution in [-0.2, 0) is 14.3 Å². The van der Waals surface area contributed by atoms with Crippen LogP contribution in [0.25, 0.3) is 0 Å². The minimum Gasteiger partial charge on any atom is -0.466 e. The number of hydrogen-bond donors (Lipinski definition) is 3. The maximum absolute atomic E-state index is 12.4. The van der Waals surface area contributed by atoms with Crippen LogP contribution in [0, 0.1) is 0 Å². The van der Waals surface area contributed by atoms with Crippen LogP contribution in [0.5, 0.6) is 0 Å². The van der Waals surface area contributed by atoms with Crippen molar-refractivity contribution in [3.8, 4) is 0 Å². The van der Waals surface area contributed by atoms with Crippen LogP contribution in [0.3, 0.4) is 0 Å². The summed E-state index contributed by atoms with van der Waals surface area (Å²) in [5.41, 5.74) is 0. The predicted molar refractivity (Wildman–Crippen MR) is 306 cm³/mol. The number of hydrogen-bond acceptors (Lipinski definition) is 5. The number of amides is 1. The molecule has 6 nitrogen and oxygen atoms in total. The highest BCUT2D eigenvalue weighted by molar-refractivity contribution is 5.76. The molecule has 0 bridgehead atoms. The van der Waals surface area contributed by atoms with Crippen LogP contribution in [0.2, 0.25) is 0 Å². The number of aliphatic hydroxyl groups is 2. The van der Waals surface area contributed by atoms with Gasteiger partial charge in [0.15, 0.2) is 0 Å². The summed E-state index contributed by atoms with van der Waals surface area (Å²) in [6.45, 7) is 4.93. The molecule has 1 amide bonds. The summed E-state index contributed by atoms with van der Waals surface area (Å²) in [6.07, 6.45) is 72.7. The predicted octanol–water partition coefficient (Wildman–Crippen LogP) is 20.0. The van der Waals surface area contributed by atoms with Crippen LogP contribution in [0.4, 0.5) is 0 Å². The first-order valence-electron chi connectivity index (χ1n) is 32.0. The number of rotatable bonds is 60. The van der Waals surface area contributed by atoms with Gasteiger partial charge in [0.05, 0.1) is 25.4 Å². The number of carbonyl (C=O) groups is 2. The Labute approximate surface area is 438 Å². The van der Waals surface area contributed by atoms with Gasteiger partial charge in [0.2, 0.25) is 5.91 Å². The fourth-order valence-corrected chi connectivity index (χ4v) is 10.2. The van der Waals surface area contributed by atoms with E-state index >= 15 is 0 Å². The van der Waals surface area contributed by atoms with Crippen molar-refractivity contribution in [2.75, 3.05) is 13.2 Å². The molecule has 0 saturated heterocycles. The molecule has 0 aliphatic carbocycles. The number of ether oxygens (including phenoxy) is 1. The molecule has 0 aromatic carbocycles. The van der Waals surface area contributed by atoms with E-state index in [1.807, 2.05) is 6.08 Å². The van der Waals surface area contributed by atoms with Crippen LogP contribution in [0.1, 0.15) is 361 Å². The molecule has 0 heterocycles. The summed E-state index contributed by atoms with van der Waals surface area (Å²) >= 11 is 0. The number of allylic oxidation sites excluding steroid dienone is 1. The molecule has 0 fully saturated rings. The molecule has 0 aliphatic rings. The van der Waals surface area contributed by atoms with Crippen molar-refractivity contribution in [2.45, 2.75) is 373 Å². The molecule has 6 heteroatoms. The second-order valence-corrected chi connectivity index (χ2v) is 22.1. The maximum Gasteiger partial charge on any atom is 0.305 e. The maximum atomic E-state index is 12.4. The fraction of sp³-hybridized carbons (Fsp3) is 0.938. The van der Waals surface area contributed by atoms with Gasteiger partial charge in [-0.3, -0.25) is 9.59 Å². The van der Waals surface area contributed by atoms with Gasteiger partial charge in [-0.2, -0.15) is 0 Å². The third kappa shape index (κ3) is 55.9. The first-order chi connectivity index (χ1) is 34.5. The molecule has 2 unspecified atom stereocenters. The van der Waals surface area contributed by atoms with Crippen molar-refractivity contribution in [3.05, 3.63) is 12.2 Å². The van der Waals surface area contributed by atoms with Gasteiger partial charge in [-0.05, 0) is 32.1 Å². The van der Waals surface area contributed by atoms with Crippen molar-refractivity contribution in [1.82, 2.24) is 5.32 Å². The molecule has 0 radical (unpaired) electrons. The Hall–Kier alpha value is -1.40. The largest absolute Gasteiger partial charge is 0.466 e. The van der Waals surface area contributed by atoms with E-state index in [2.05, 4.69) is 19.2 Å². The number of nitrogens with one attached hydrogen (secondary N) is 1. The first kappa shape index (κ1) is 68.6. The zero-order valence-corrected chi connectivity index (χ0v) is 47.5. The normalized spacial score (nSPS) is 12.6. The highest BCUT2D eigenvalue weighted by atomic mass is 16.5. The summed E-state index contributed by atoms with van der Waals surface area (Å²) in [4.78, 5) is 24.5. The van der Waals surface area contributed by atoms with Gasteiger partial charge in [-0.1, -0.05) is 328 Å². The van der Waals surface area contributed by atoms with Gasteiger partial charge >= 0.3 is 5.97 Å². The Balaban J connectivity index is 3.34. The lowest BCUT2D eigenvalue weighted by Crippen LogP contribution is -2.45. The lowest BCUT2D eigenvalue weighted by atomic mass is 10.0. The quantitative estimate of drug-likeness (QED) is 0.0321. The molecule has 70 heavy (non-hydrogen) atoms. The van der Waals surface area contributed by atoms with E-state index in [1.165, 1.54) is 295 Å². The second kappa shape index (κ2) is 60.2. The molecule has 0 saturated carbocycles. The second-order valence-electron chi connectivity index (χ2n) is 22.1. The van der Waals surface area contributed by atoms with Gasteiger partial charge in [0.1, 0.15) is 0 Å². The molecule has 0 aromatic rings. The minimum atomic E-state index is -0.841. The lowest BCUT2D eigenvalue weighted by Gasteiger charge is -2.20. The van der Waals surface area contributed by atoms with E-state index in [4.69, 9.17) is 4.74 Å². The number of esters is 1. The van der Waals surface area contributed by atoms with Gasteiger partial charge < -0.3 is 20.3 Å². The molecule has 0 aliphatic heterocycles. The Morgan fingerprint density at radius 1 is 0.386 bits per heavy atom. The van der Waals surface area contributed by atoms with E-state index < -0.39 is 12.1 Å². The smallest absolute Gasteiger partial charge is 0.305 e. The summed E-state index contributed by atoms with van der Waals surface area (Å²) in [5.74, 6) is -0.0445. The van der Waals surface area contributed by atoms with Gasteiger partial charge in [-0.25, -0.2) is 0 Å². The third-order valence-corrected chi connectivity index (χ3v) is 15.1. The van der Waals surface area contributed by atoms with Crippen LogP contribution < -0.4 is 5.32 Å². The Morgan fingerprint density at radius 3 is 0.971 bits per heavy atom. The summed E-state index contributed by atoms with van der Waals surface area (Å²) < 4.78 is 5.49. The standard InChI is InChI=1S/C64H125NO5/c1-3-5-7-9-11-13-15-17-34-38-42-46-50-54-58-64(69)70-59-55-51-47-43-39-35-31-29-27-25-23-21-19-18-20-22-24-26-28-30-33-37-41-45-49-53-57-63(68)65-61(60-66)62(67)56-52-48-44-40-36-32-16-14-12-10-8-6-4-2/h52,56,61-62,66-67H,3-51,53-55,57-60H2,1-2H3,(H,65,68)/b56-52+. The van der Waals surface area contributed by atoms with Crippen molar-refractivity contribution >= 4 is 11.9 Å². The molecule has 0 aromatic heterocycles. The zero-order valence-electron chi connectivity index (χ0n) is 47.5. The highest BCUT2D eigenvalue weighted by Crippen LogP contribution is 2.18. The average molecular weight is 989 g/mol. The van der Waals surface area contributed by atoms with Gasteiger partial charge in [0, 0.05) is 12.8 Å². The summed E-state index contributed by atoms with van der Waals surface area (Å²) in [5, 5.41) is 23.1. The molecule has 416 valence electrons. The molecular weight excluding hydrogens is 863 g/mol. The molecule has 3 N–H and O–H groups in total. The van der Waals surface area contributed by atoms with Crippen molar-refractivity contribution in [3.63, 3.8) is 0 Å². The topological polar surface area (TPSA) is 95.9 Å². The lowest BCUT2D eigenvalue weighted by molar-refractivity contribution is -0.143. The number of carbonyl (C=O) groups excluding carboxylic acids is 2. The van der Waals surface area contributed by atoms with E-state index in [9.17, 15) is 19.8 Å². The molecule has 0 rings (SSSR count). The Kier molecular flexibility index (Phi) is 59.0. The summed E-state index contributed by atoms with van der Waals surface area (Å²) in [6, 6.07) is -0.624. The Morgan fingerprint density at radius 2 is 0.657 bits per heavy atom. The van der Waals surface area contributed by atoms with Gasteiger partial charge in [0.25, 0.3) is 0 Å². The summed E-state index contributed by atoms with van der Waals surface area (Å²) in [7, 11) is 0. The SMILES string of the molecule is CCCCCCCCCCCCC/C=C/C(O)C(CO)NC(=O)CCCCCCCCCCCCCCCCCCCCCCCCCCCCOC(=O)CCCCCCCCCCCCCCCC. The third-order valence-electron chi connectivity index (χ3n) is 15.1. The Bertz CT molecular complexity index is 1050. The molecule has 0 spiro atoms. The van der Waals surface area contributed by atoms with Gasteiger partial charge in [-0.15, -0.1) is 0 Å². The van der Waals surface area contributed by atoms with E-state index in [0.29, 0.717) is 19.4 Å².